The lowest BCUT2D eigenvalue weighted by Gasteiger charge is -2.32. The van der Waals surface area contributed by atoms with Crippen LogP contribution in [0, 0.1) is 0 Å². The first-order chi connectivity index (χ1) is 8.19. The minimum atomic E-state index is 0.216. The Morgan fingerprint density at radius 1 is 1.24 bits per heavy atom. The largest absolute Gasteiger partial charge is 0.324 e. The van der Waals surface area contributed by atoms with E-state index in [1.54, 1.807) is 0 Å². The first kappa shape index (κ1) is 12.6. The van der Waals surface area contributed by atoms with Gasteiger partial charge < -0.3 is 5.73 Å². The number of benzene rings is 1. The number of hydrogen-bond donors (Lipinski definition) is 1. The van der Waals surface area contributed by atoms with Crippen molar-refractivity contribution in [3.8, 4) is 0 Å². The van der Waals surface area contributed by atoms with Crippen LogP contribution in [0.5, 0.6) is 0 Å². The molecule has 0 radical (unpaired) electrons. The van der Waals surface area contributed by atoms with E-state index in [2.05, 4.69) is 50.1 Å². The van der Waals surface area contributed by atoms with Gasteiger partial charge in [-0.15, -0.1) is 0 Å². The van der Waals surface area contributed by atoms with Crippen molar-refractivity contribution in [1.82, 2.24) is 4.90 Å². The highest BCUT2D eigenvalue weighted by Crippen LogP contribution is 2.41. The summed E-state index contributed by atoms with van der Waals surface area (Å²) in [6.45, 7) is 4.54. The third kappa shape index (κ3) is 2.24. The molecule has 1 aromatic carbocycles. The van der Waals surface area contributed by atoms with Crippen LogP contribution in [-0.2, 0) is 0 Å². The molecule has 2 rings (SSSR count). The molecule has 0 amide bonds. The van der Waals surface area contributed by atoms with Gasteiger partial charge in [0.2, 0.25) is 0 Å². The fourth-order valence-electron chi connectivity index (χ4n) is 3.15. The summed E-state index contributed by atoms with van der Waals surface area (Å²) in [5, 5.41) is 0. The second-order valence-corrected chi connectivity index (χ2v) is 5.12. The number of nitrogens with zero attached hydrogens (tertiary/aromatic N) is 1. The molecule has 0 spiro atoms. The lowest BCUT2D eigenvalue weighted by molar-refractivity contribution is 0.159. The Hall–Kier alpha value is -0.860. The second kappa shape index (κ2) is 5.19. The van der Waals surface area contributed by atoms with E-state index in [-0.39, 0.29) is 6.04 Å². The van der Waals surface area contributed by atoms with Crippen molar-refractivity contribution in [1.29, 1.82) is 0 Å². The van der Waals surface area contributed by atoms with E-state index >= 15 is 0 Å². The maximum absolute atomic E-state index is 6.23. The molecule has 1 aromatic rings. The summed E-state index contributed by atoms with van der Waals surface area (Å²) in [5.41, 5.74) is 9.01. The van der Waals surface area contributed by atoms with Gasteiger partial charge in [0.15, 0.2) is 0 Å². The van der Waals surface area contributed by atoms with E-state index in [0.29, 0.717) is 12.1 Å². The molecule has 17 heavy (non-hydrogen) atoms. The summed E-state index contributed by atoms with van der Waals surface area (Å²) in [6, 6.07) is 10.0. The SMILES string of the molecule is CCC(CC)N(C)C1CC(N)c2ccccc21. The summed E-state index contributed by atoms with van der Waals surface area (Å²) in [4.78, 5) is 2.52. The Bertz CT molecular complexity index is 371. The van der Waals surface area contributed by atoms with Crippen molar-refractivity contribution in [2.75, 3.05) is 7.05 Å². The summed E-state index contributed by atoms with van der Waals surface area (Å²) < 4.78 is 0. The van der Waals surface area contributed by atoms with E-state index < -0.39 is 0 Å². The summed E-state index contributed by atoms with van der Waals surface area (Å²) in [5.74, 6) is 0. The van der Waals surface area contributed by atoms with E-state index in [0.717, 1.165) is 6.42 Å². The van der Waals surface area contributed by atoms with Crippen LogP contribution in [0.2, 0.25) is 0 Å². The van der Waals surface area contributed by atoms with Gasteiger partial charge in [0.25, 0.3) is 0 Å². The summed E-state index contributed by atoms with van der Waals surface area (Å²) >= 11 is 0. The van der Waals surface area contributed by atoms with Gasteiger partial charge >= 0.3 is 0 Å². The Labute approximate surface area is 105 Å². The maximum atomic E-state index is 6.23. The molecule has 2 unspecified atom stereocenters. The lowest BCUT2D eigenvalue weighted by atomic mass is 10.0. The van der Waals surface area contributed by atoms with Gasteiger partial charge in [-0.2, -0.15) is 0 Å². The highest BCUT2D eigenvalue weighted by Gasteiger charge is 2.32. The average molecular weight is 232 g/mol. The average Bonchev–Trinajstić information content (AvgIpc) is 2.69. The lowest BCUT2D eigenvalue weighted by Crippen LogP contribution is -2.33. The molecule has 0 bridgehead atoms. The quantitative estimate of drug-likeness (QED) is 0.863. The first-order valence-corrected chi connectivity index (χ1v) is 6.75. The zero-order valence-corrected chi connectivity index (χ0v) is 11.2. The number of rotatable bonds is 4. The van der Waals surface area contributed by atoms with Crippen molar-refractivity contribution in [2.24, 2.45) is 5.73 Å². The van der Waals surface area contributed by atoms with Crippen LogP contribution in [0.3, 0.4) is 0 Å². The molecule has 94 valence electrons. The minimum Gasteiger partial charge on any atom is -0.324 e. The highest BCUT2D eigenvalue weighted by molar-refractivity contribution is 5.37. The Balaban J connectivity index is 2.24. The van der Waals surface area contributed by atoms with Crippen LogP contribution in [0.1, 0.15) is 56.3 Å². The first-order valence-electron chi connectivity index (χ1n) is 6.75. The van der Waals surface area contributed by atoms with Crippen LogP contribution < -0.4 is 5.73 Å². The molecular weight excluding hydrogens is 208 g/mol. The van der Waals surface area contributed by atoms with Crippen LogP contribution >= 0.6 is 0 Å². The van der Waals surface area contributed by atoms with E-state index in [1.807, 2.05) is 0 Å². The monoisotopic (exact) mass is 232 g/mol. The molecule has 2 N–H and O–H groups in total. The fourth-order valence-corrected chi connectivity index (χ4v) is 3.15. The van der Waals surface area contributed by atoms with Crippen molar-refractivity contribution in [3.63, 3.8) is 0 Å². The molecule has 2 heteroatoms. The van der Waals surface area contributed by atoms with Crippen LogP contribution in [-0.4, -0.2) is 18.0 Å². The smallest absolute Gasteiger partial charge is 0.0369 e. The van der Waals surface area contributed by atoms with Gasteiger partial charge in [-0.3, -0.25) is 4.90 Å². The maximum Gasteiger partial charge on any atom is 0.0369 e. The second-order valence-electron chi connectivity index (χ2n) is 5.12. The topological polar surface area (TPSA) is 29.3 Å². The van der Waals surface area contributed by atoms with E-state index in [4.69, 9.17) is 5.73 Å². The van der Waals surface area contributed by atoms with Crippen molar-refractivity contribution >= 4 is 0 Å². The van der Waals surface area contributed by atoms with Gasteiger partial charge in [0.05, 0.1) is 0 Å². The zero-order valence-electron chi connectivity index (χ0n) is 11.2. The van der Waals surface area contributed by atoms with Crippen LogP contribution in [0.4, 0.5) is 0 Å². The molecule has 0 saturated carbocycles. The molecule has 2 atom stereocenters. The normalized spacial score (nSPS) is 23.4. The Kier molecular flexibility index (Phi) is 3.85. The summed E-state index contributed by atoms with van der Waals surface area (Å²) in [6.07, 6.45) is 3.48. The molecular formula is C15H24N2. The predicted octanol–water partition coefficient (Wildman–Crippen LogP) is 3.25. The predicted molar refractivity (Wildman–Crippen MR) is 72.9 cm³/mol. The molecule has 0 heterocycles. The van der Waals surface area contributed by atoms with Crippen LogP contribution in [0.25, 0.3) is 0 Å². The van der Waals surface area contributed by atoms with Crippen LogP contribution in [0.15, 0.2) is 24.3 Å². The van der Waals surface area contributed by atoms with Gasteiger partial charge in [-0.1, -0.05) is 38.1 Å². The molecule has 0 aromatic heterocycles. The number of nitrogens with two attached hydrogens (primary N) is 1. The highest BCUT2D eigenvalue weighted by atomic mass is 15.2. The van der Waals surface area contributed by atoms with Gasteiger partial charge in [-0.05, 0) is 37.4 Å². The van der Waals surface area contributed by atoms with Crippen molar-refractivity contribution < 1.29 is 0 Å². The minimum absolute atomic E-state index is 0.216. The zero-order chi connectivity index (χ0) is 12.4. The standard InChI is InChI=1S/C15H24N2/c1-4-11(5-2)17(3)15-10-14(16)12-8-6-7-9-13(12)15/h6-9,11,14-15H,4-5,10,16H2,1-3H3. The number of hydrogen-bond acceptors (Lipinski definition) is 2. The van der Waals surface area contributed by atoms with Gasteiger partial charge in [0.1, 0.15) is 0 Å². The van der Waals surface area contributed by atoms with E-state index in [1.165, 1.54) is 24.0 Å². The molecule has 0 saturated heterocycles. The van der Waals surface area contributed by atoms with E-state index in [9.17, 15) is 0 Å². The Morgan fingerprint density at radius 3 is 2.41 bits per heavy atom. The molecule has 1 aliphatic rings. The molecule has 2 nitrogen and oxygen atoms in total. The van der Waals surface area contributed by atoms with Crippen molar-refractivity contribution in [3.05, 3.63) is 35.4 Å². The Morgan fingerprint density at radius 2 is 1.82 bits per heavy atom. The molecule has 0 fully saturated rings. The third-order valence-corrected chi connectivity index (χ3v) is 4.24. The molecule has 0 aliphatic heterocycles. The fraction of sp³-hybridized carbons (Fsp3) is 0.600. The third-order valence-electron chi connectivity index (χ3n) is 4.24. The summed E-state index contributed by atoms with van der Waals surface area (Å²) in [7, 11) is 2.25. The van der Waals surface area contributed by atoms with Crippen molar-refractivity contribution in [2.45, 2.75) is 51.2 Å². The number of fused-ring (bicyclic) bond motifs is 1. The van der Waals surface area contributed by atoms with Gasteiger partial charge in [0, 0.05) is 18.1 Å². The molecule has 1 aliphatic carbocycles. The van der Waals surface area contributed by atoms with Gasteiger partial charge in [-0.25, -0.2) is 0 Å².